The van der Waals surface area contributed by atoms with Crippen LogP contribution in [0.3, 0.4) is 0 Å². The van der Waals surface area contributed by atoms with E-state index in [1.54, 1.807) is 9.13 Å². The van der Waals surface area contributed by atoms with Crippen molar-refractivity contribution in [2.45, 2.75) is 73.6 Å². The van der Waals surface area contributed by atoms with E-state index in [1.165, 1.54) is 5.56 Å². The van der Waals surface area contributed by atoms with Crippen LogP contribution in [0.5, 0.6) is 0 Å². The SMILES string of the molecule is Cc1cnc(Cn2c(=O)n(CCN(C(C)C)C(C)C)c3c(Cl)nc(N)nc32)c(C)c1C. The summed E-state index contributed by atoms with van der Waals surface area (Å²) in [5, 5.41) is 0.184. The van der Waals surface area contributed by atoms with Crippen LogP contribution in [-0.4, -0.2) is 47.6 Å². The third kappa shape index (κ3) is 4.45. The quantitative estimate of drug-likeness (QED) is 0.560. The van der Waals surface area contributed by atoms with Crippen molar-refractivity contribution >= 4 is 28.7 Å². The van der Waals surface area contributed by atoms with E-state index in [2.05, 4.69) is 54.5 Å². The van der Waals surface area contributed by atoms with Crippen LogP contribution >= 0.6 is 11.6 Å². The van der Waals surface area contributed by atoms with E-state index in [-0.39, 0.29) is 16.8 Å². The molecule has 0 atom stereocenters. The molecule has 31 heavy (non-hydrogen) atoms. The highest BCUT2D eigenvalue weighted by molar-refractivity contribution is 6.33. The van der Waals surface area contributed by atoms with Gasteiger partial charge in [0.2, 0.25) is 5.95 Å². The molecule has 0 saturated heterocycles. The Balaban J connectivity index is 2.12. The molecular formula is C22H32ClN7O. The standard InChI is InChI=1S/C22H32ClN7O/c1-12(2)28(13(3)4)8-9-29-18-19(23)26-21(24)27-20(18)30(22(29)31)11-17-16(7)15(6)14(5)10-25-17/h10,12-13H,8-9,11H2,1-7H3,(H2,24,26,27). The minimum absolute atomic E-state index is 0.0409. The van der Waals surface area contributed by atoms with E-state index in [0.29, 0.717) is 42.9 Å². The highest BCUT2D eigenvalue weighted by Crippen LogP contribution is 2.23. The lowest BCUT2D eigenvalue weighted by Crippen LogP contribution is -2.40. The van der Waals surface area contributed by atoms with E-state index in [4.69, 9.17) is 17.3 Å². The maximum Gasteiger partial charge on any atom is 0.330 e. The largest absolute Gasteiger partial charge is 0.368 e. The minimum atomic E-state index is -0.191. The monoisotopic (exact) mass is 445 g/mol. The van der Waals surface area contributed by atoms with Crippen LogP contribution in [0.1, 0.15) is 50.1 Å². The summed E-state index contributed by atoms with van der Waals surface area (Å²) in [6.07, 6.45) is 1.83. The molecule has 8 nitrogen and oxygen atoms in total. The van der Waals surface area contributed by atoms with Crippen LogP contribution in [-0.2, 0) is 13.1 Å². The molecule has 3 heterocycles. The van der Waals surface area contributed by atoms with Crippen LogP contribution < -0.4 is 11.4 Å². The number of nitrogens with zero attached hydrogens (tertiary/aromatic N) is 6. The second kappa shape index (κ2) is 8.96. The number of nitrogen functional groups attached to an aromatic ring is 1. The van der Waals surface area contributed by atoms with E-state index in [1.807, 2.05) is 20.0 Å². The van der Waals surface area contributed by atoms with Crippen LogP contribution in [0.15, 0.2) is 11.0 Å². The van der Waals surface area contributed by atoms with Gasteiger partial charge in [-0.2, -0.15) is 9.97 Å². The lowest BCUT2D eigenvalue weighted by molar-refractivity contribution is 0.168. The average molecular weight is 446 g/mol. The van der Waals surface area contributed by atoms with Crippen LogP contribution in [0.4, 0.5) is 5.95 Å². The molecule has 9 heteroatoms. The molecule has 0 radical (unpaired) electrons. The van der Waals surface area contributed by atoms with E-state index >= 15 is 0 Å². The van der Waals surface area contributed by atoms with Crippen molar-refractivity contribution in [3.63, 3.8) is 0 Å². The van der Waals surface area contributed by atoms with Gasteiger partial charge in [-0.1, -0.05) is 11.6 Å². The zero-order valence-electron chi connectivity index (χ0n) is 19.4. The molecule has 0 aromatic carbocycles. The fourth-order valence-corrected chi connectivity index (χ4v) is 4.33. The lowest BCUT2D eigenvalue weighted by atomic mass is 10.0. The Morgan fingerprint density at radius 1 is 1.06 bits per heavy atom. The van der Waals surface area contributed by atoms with Gasteiger partial charge in [-0.25, -0.2) is 4.79 Å². The molecule has 0 amide bonds. The van der Waals surface area contributed by atoms with Gasteiger partial charge in [0.15, 0.2) is 10.8 Å². The zero-order chi connectivity index (χ0) is 23.0. The number of rotatable bonds is 7. The summed E-state index contributed by atoms with van der Waals surface area (Å²) in [6.45, 7) is 16.2. The molecule has 0 unspecified atom stereocenters. The first kappa shape index (κ1) is 23.2. The van der Waals surface area contributed by atoms with Crippen molar-refractivity contribution in [3.05, 3.63) is 44.2 Å². The molecule has 2 N–H and O–H groups in total. The Bertz CT molecular complexity index is 1160. The molecule has 3 rings (SSSR count). The molecule has 0 aliphatic heterocycles. The smallest absolute Gasteiger partial charge is 0.330 e. The number of hydrogen-bond acceptors (Lipinski definition) is 6. The average Bonchev–Trinajstić information content (AvgIpc) is 2.93. The van der Waals surface area contributed by atoms with Crippen molar-refractivity contribution < 1.29 is 0 Å². The molecule has 0 saturated carbocycles. The van der Waals surface area contributed by atoms with Crippen molar-refractivity contribution in [1.29, 1.82) is 0 Å². The van der Waals surface area contributed by atoms with Crippen molar-refractivity contribution in [2.24, 2.45) is 0 Å². The third-order valence-corrected chi connectivity index (χ3v) is 6.31. The molecule has 3 aromatic heterocycles. The topological polar surface area (TPSA) is 94.9 Å². The molecule has 0 aliphatic carbocycles. The summed E-state index contributed by atoms with van der Waals surface area (Å²) < 4.78 is 3.25. The summed E-state index contributed by atoms with van der Waals surface area (Å²) in [5.41, 5.74) is 10.8. The Labute approximate surface area is 188 Å². The van der Waals surface area contributed by atoms with E-state index in [9.17, 15) is 4.79 Å². The van der Waals surface area contributed by atoms with E-state index < -0.39 is 0 Å². The number of pyridine rings is 1. The summed E-state index contributed by atoms with van der Waals surface area (Å²) in [5.74, 6) is 0.0409. The molecule has 0 bridgehead atoms. The fourth-order valence-electron chi connectivity index (χ4n) is 4.05. The minimum Gasteiger partial charge on any atom is -0.368 e. The highest BCUT2D eigenvalue weighted by atomic mass is 35.5. The van der Waals surface area contributed by atoms with Gasteiger partial charge in [0, 0.05) is 31.4 Å². The number of imidazole rings is 1. The normalized spacial score (nSPS) is 12.1. The second-order valence-electron chi connectivity index (χ2n) is 8.63. The maximum atomic E-state index is 13.5. The lowest BCUT2D eigenvalue weighted by Gasteiger charge is -2.30. The van der Waals surface area contributed by atoms with Crippen LogP contribution in [0.2, 0.25) is 5.15 Å². The number of nitrogens with two attached hydrogens (primary N) is 1. The van der Waals surface area contributed by atoms with Gasteiger partial charge in [-0.05, 0) is 65.2 Å². The Kier molecular flexibility index (Phi) is 6.71. The number of fused-ring (bicyclic) bond motifs is 1. The van der Waals surface area contributed by atoms with Gasteiger partial charge in [0.1, 0.15) is 5.52 Å². The van der Waals surface area contributed by atoms with Gasteiger partial charge in [0.25, 0.3) is 0 Å². The van der Waals surface area contributed by atoms with Crippen LogP contribution in [0, 0.1) is 20.8 Å². The predicted octanol–water partition coefficient (Wildman–Crippen LogP) is 3.32. The number of anilines is 1. The summed E-state index contributed by atoms with van der Waals surface area (Å²) in [6, 6.07) is 0.711. The molecule has 0 aliphatic rings. The number of aryl methyl sites for hydroxylation is 1. The van der Waals surface area contributed by atoms with Gasteiger partial charge >= 0.3 is 5.69 Å². The first-order valence-corrected chi connectivity index (χ1v) is 11.0. The van der Waals surface area contributed by atoms with E-state index in [0.717, 1.165) is 16.8 Å². The van der Waals surface area contributed by atoms with Gasteiger partial charge in [-0.15, -0.1) is 0 Å². The van der Waals surface area contributed by atoms with Crippen molar-refractivity contribution in [1.82, 2.24) is 29.0 Å². The predicted molar refractivity (Wildman–Crippen MR) is 126 cm³/mol. The number of hydrogen-bond donors (Lipinski definition) is 1. The van der Waals surface area contributed by atoms with Gasteiger partial charge in [-0.3, -0.25) is 19.0 Å². The number of halogens is 1. The first-order valence-electron chi connectivity index (χ1n) is 10.6. The van der Waals surface area contributed by atoms with Crippen LogP contribution in [0.25, 0.3) is 11.2 Å². The zero-order valence-corrected chi connectivity index (χ0v) is 20.2. The summed E-state index contributed by atoms with van der Waals surface area (Å²) >= 11 is 6.44. The highest BCUT2D eigenvalue weighted by Gasteiger charge is 2.22. The molecule has 0 fully saturated rings. The Hall–Kier alpha value is -2.45. The summed E-state index contributed by atoms with van der Waals surface area (Å²) in [7, 11) is 0. The third-order valence-electron chi connectivity index (χ3n) is 6.04. The second-order valence-corrected chi connectivity index (χ2v) is 8.99. The molecule has 0 spiro atoms. The Morgan fingerprint density at radius 2 is 1.71 bits per heavy atom. The maximum absolute atomic E-state index is 13.5. The van der Waals surface area contributed by atoms with Gasteiger partial charge in [0.05, 0.1) is 12.2 Å². The fraction of sp³-hybridized carbons (Fsp3) is 0.545. The molecular weight excluding hydrogens is 414 g/mol. The summed E-state index contributed by atoms with van der Waals surface area (Å²) in [4.78, 5) is 28.8. The van der Waals surface area contributed by atoms with Crippen molar-refractivity contribution in [2.75, 3.05) is 12.3 Å². The first-order chi connectivity index (χ1) is 14.5. The van der Waals surface area contributed by atoms with Crippen molar-refractivity contribution in [3.8, 4) is 0 Å². The van der Waals surface area contributed by atoms with Gasteiger partial charge < -0.3 is 5.73 Å². The number of aromatic nitrogens is 5. The molecule has 168 valence electrons. The Morgan fingerprint density at radius 3 is 2.32 bits per heavy atom. The molecule has 3 aromatic rings.